The zero-order valence-electron chi connectivity index (χ0n) is 17.1. The van der Waals surface area contributed by atoms with E-state index in [0.29, 0.717) is 36.1 Å². The van der Waals surface area contributed by atoms with Gasteiger partial charge in [-0.1, -0.05) is 19.8 Å². The normalized spacial score (nSPS) is 15.6. The quantitative estimate of drug-likeness (QED) is 0.575. The molecule has 28 heavy (non-hydrogen) atoms. The third kappa shape index (κ3) is 6.06. The highest BCUT2D eigenvalue weighted by molar-refractivity contribution is 7.17. The minimum Gasteiger partial charge on any atom is -0.466 e. The number of ether oxygens (including phenoxy) is 2. The molecule has 1 aromatic rings. The van der Waals surface area contributed by atoms with Gasteiger partial charge in [0, 0.05) is 17.7 Å². The lowest BCUT2D eigenvalue weighted by Crippen LogP contribution is -2.17. The second-order valence-electron chi connectivity index (χ2n) is 7.03. The van der Waals surface area contributed by atoms with Crippen molar-refractivity contribution in [2.75, 3.05) is 18.5 Å². The summed E-state index contributed by atoms with van der Waals surface area (Å²) in [4.78, 5) is 37.5. The maximum absolute atomic E-state index is 12.5. The molecule has 6 nitrogen and oxygen atoms in total. The zero-order valence-corrected chi connectivity index (χ0v) is 17.9. The monoisotopic (exact) mass is 409 g/mol. The molecule has 1 amide bonds. The van der Waals surface area contributed by atoms with Crippen molar-refractivity contribution in [3.63, 3.8) is 0 Å². The topological polar surface area (TPSA) is 81.7 Å². The highest BCUT2D eigenvalue weighted by Gasteiger charge is 2.30. The number of rotatable bonds is 10. The van der Waals surface area contributed by atoms with E-state index >= 15 is 0 Å². The summed E-state index contributed by atoms with van der Waals surface area (Å²) in [5.41, 5.74) is 1.56. The smallest absolute Gasteiger partial charge is 0.341 e. The maximum Gasteiger partial charge on any atom is 0.341 e. The van der Waals surface area contributed by atoms with Gasteiger partial charge < -0.3 is 14.8 Å². The van der Waals surface area contributed by atoms with Gasteiger partial charge in [0.25, 0.3) is 0 Å². The summed E-state index contributed by atoms with van der Waals surface area (Å²) in [7, 11) is 0. The molecule has 0 saturated heterocycles. The third-order valence-corrected chi connectivity index (χ3v) is 6.06. The predicted molar refractivity (Wildman–Crippen MR) is 110 cm³/mol. The molecule has 0 fully saturated rings. The number of carbonyl (C=O) groups is 3. The summed E-state index contributed by atoms with van der Waals surface area (Å²) in [5.74, 6) is -0.218. The predicted octanol–water partition coefficient (Wildman–Crippen LogP) is 4.50. The van der Waals surface area contributed by atoms with Crippen molar-refractivity contribution >= 4 is 34.2 Å². The summed E-state index contributed by atoms with van der Waals surface area (Å²) in [6.45, 7) is 6.37. The second kappa shape index (κ2) is 11.2. The first-order valence-corrected chi connectivity index (χ1v) is 11.1. The minimum absolute atomic E-state index is 0.196. The number of hydrogen-bond donors (Lipinski definition) is 1. The van der Waals surface area contributed by atoms with Crippen LogP contribution in [0.25, 0.3) is 0 Å². The summed E-state index contributed by atoms with van der Waals surface area (Å²) in [6, 6.07) is 0. The van der Waals surface area contributed by atoms with Crippen LogP contribution in [0.1, 0.15) is 80.1 Å². The standard InChI is InChI=1S/C21H31NO5S/c1-4-8-14-11-12-15-16(13-14)28-20(19(15)21(25)27-6-3)22-17(23)9-7-10-18(24)26-5-2/h14H,4-13H2,1-3H3,(H,22,23)/t14-/m1/s1. The molecule has 0 aromatic carbocycles. The fourth-order valence-corrected chi connectivity index (χ4v) is 5.00. The van der Waals surface area contributed by atoms with Crippen molar-refractivity contribution in [3.05, 3.63) is 16.0 Å². The number of esters is 2. The maximum atomic E-state index is 12.5. The Bertz CT molecular complexity index is 697. The molecule has 7 heteroatoms. The number of anilines is 1. The van der Waals surface area contributed by atoms with Gasteiger partial charge in [0.2, 0.25) is 5.91 Å². The van der Waals surface area contributed by atoms with E-state index in [-0.39, 0.29) is 30.7 Å². The Morgan fingerprint density at radius 1 is 1.11 bits per heavy atom. The van der Waals surface area contributed by atoms with Crippen molar-refractivity contribution in [1.29, 1.82) is 0 Å². The molecule has 1 N–H and O–H groups in total. The molecule has 1 aromatic heterocycles. The Morgan fingerprint density at radius 2 is 1.86 bits per heavy atom. The van der Waals surface area contributed by atoms with Crippen molar-refractivity contribution in [2.45, 2.75) is 72.1 Å². The largest absolute Gasteiger partial charge is 0.466 e. The molecular formula is C21H31NO5S. The van der Waals surface area contributed by atoms with E-state index in [1.165, 1.54) is 22.6 Å². The van der Waals surface area contributed by atoms with Crippen LogP contribution in [0.4, 0.5) is 5.00 Å². The van der Waals surface area contributed by atoms with Crippen molar-refractivity contribution in [1.82, 2.24) is 0 Å². The summed E-state index contributed by atoms with van der Waals surface area (Å²) >= 11 is 1.50. The number of thiophene rings is 1. The van der Waals surface area contributed by atoms with Crippen LogP contribution in [0.15, 0.2) is 0 Å². The average Bonchev–Trinajstić information content (AvgIpc) is 2.99. The van der Waals surface area contributed by atoms with E-state index in [1.54, 1.807) is 13.8 Å². The van der Waals surface area contributed by atoms with Crippen LogP contribution in [-0.2, 0) is 31.9 Å². The van der Waals surface area contributed by atoms with Gasteiger partial charge in [0.15, 0.2) is 0 Å². The van der Waals surface area contributed by atoms with Crippen LogP contribution < -0.4 is 5.32 Å². The Hall–Kier alpha value is -1.89. The lowest BCUT2D eigenvalue weighted by Gasteiger charge is -2.21. The first kappa shape index (κ1) is 22.4. The first-order chi connectivity index (χ1) is 13.5. The van der Waals surface area contributed by atoms with Gasteiger partial charge in [-0.3, -0.25) is 9.59 Å². The molecule has 0 unspecified atom stereocenters. The van der Waals surface area contributed by atoms with Crippen LogP contribution >= 0.6 is 11.3 Å². The number of carbonyl (C=O) groups excluding carboxylic acids is 3. The van der Waals surface area contributed by atoms with E-state index in [0.717, 1.165) is 31.2 Å². The van der Waals surface area contributed by atoms with Gasteiger partial charge >= 0.3 is 11.9 Å². The second-order valence-corrected chi connectivity index (χ2v) is 8.14. The van der Waals surface area contributed by atoms with Crippen LogP contribution in [0, 0.1) is 5.92 Å². The molecule has 1 atom stereocenters. The highest BCUT2D eigenvalue weighted by Crippen LogP contribution is 2.41. The SMILES string of the molecule is CCC[C@@H]1CCc2c(sc(NC(=O)CCCC(=O)OCC)c2C(=O)OCC)C1. The number of fused-ring (bicyclic) bond motifs is 1. The van der Waals surface area contributed by atoms with Crippen LogP contribution in [0.3, 0.4) is 0 Å². The molecule has 0 spiro atoms. The van der Waals surface area contributed by atoms with Gasteiger partial charge in [-0.15, -0.1) is 11.3 Å². The van der Waals surface area contributed by atoms with Gasteiger partial charge in [0.1, 0.15) is 5.00 Å². The van der Waals surface area contributed by atoms with Crippen LogP contribution in [0.2, 0.25) is 0 Å². The first-order valence-electron chi connectivity index (χ1n) is 10.3. The summed E-state index contributed by atoms with van der Waals surface area (Å²) < 4.78 is 10.1. The molecular weight excluding hydrogens is 378 g/mol. The molecule has 0 bridgehead atoms. The minimum atomic E-state index is -0.365. The fraction of sp³-hybridized carbons (Fsp3) is 0.667. The Balaban J connectivity index is 2.08. The van der Waals surface area contributed by atoms with Crippen LogP contribution in [-0.4, -0.2) is 31.1 Å². The van der Waals surface area contributed by atoms with Crippen molar-refractivity contribution in [3.8, 4) is 0 Å². The van der Waals surface area contributed by atoms with Gasteiger partial charge in [-0.05, 0) is 51.0 Å². The number of nitrogens with one attached hydrogen (secondary N) is 1. The van der Waals surface area contributed by atoms with Gasteiger partial charge in [-0.25, -0.2) is 4.79 Å². The molecule has 1 aliphatic carbocycles. The van der Waals surface area contributed by atoms with Crippen molar-refractivity contribution < 1.29 is 23.9 Å². The van der Waals surface area contributed by atoms with Crippen LogP contribution in [0.5, 0.6) is 0 Å². The molecule has 0 aliphatic heterocycles. The molecule has 1 heterocycles. The molecule has 0 saturated carbocycles. The van der Waals surface area contributed by atoms with Gasteiger partial charge in [0.05, 0.1) is 18.8 Å². The number of amides is 1. The Labute approximate surface area is 171 Å². The highest BCUT2D eigenvalue weighted by atomic mass is 32.1. The Morgan fingerprint density at radius 3 is 2.54 bits per heavy atom. The number of hydrogen-bond acceptors (Lipinski definition) is 6. The molecule has 2 rings (SSSR count). The Kier molecular flexibility index (Phi) is 8.96. The molecule has 156 valence electrons. The van der Waals surface area contributed by atoms with Gasteiger partial charge in [-0.2, -0.15) is 0 Å². The molecule has 1 aliphatic rings. The lowest BCUT2D eigenvalue weighted by atomic mass is 9.84. The van der Waals surface area contributed by atoms with E-state index in [2.05, 4.69) is 12.2 Å². The summed E-state index contributed by atoms with van der Waals surface area (Å²) in [5, 5.41) is 3.47. The fourth-order valence-electron chi connectivity index (χ4n) is 3.63. The van der Waals surface area contributed by atoms with Crippen molar-refractivity contribution in [2.24, 2.45) is 5.92 Å². The van der Waals surface area contributed by atoms with E-state index in [9.17, 15) is 14.4 Å². The summed E-state index contributed by atoms with van der Waals surface area (Å²) in [6.07, 6.45) is 6.05. The average molecular weight is 410 g/mol. The van der Waals surface area contributed by atoms with E-state index < -0.39 is 0 Å². The lowest BCUT2D eigenvalue weighted by molar-refractivity contribution is -0.143. The van der Waals surface area contributed by atoms with E-state index in [1.807, 2.05) is 0 Å². The zero-order chi connectivity index (χ0) is 20.5. The third-order valence-electron chi connectivity index (χ3n) is 4.89. The van der Waals surface area contributed by atoms with E-state index in [4.69, 9.17) is 9.47 Å². The molecule has 0 radical (unpaired) electrons.